The molecule has 4 aliphatic carbocycles. The molecule has 0 amide bonds. The zero-order valence-corrected chi connectivity index (χ0v) is 24.0. The first-order chi connectivity index (χ1) is 16.6. The van der Waals surface area contributed by atoms with E-state index in [1.807, 2.05) is 6.92 Å². The Hall–Kier alpha value is -0.410. The summed E-state index contributed by atoms with van der Waals surface area (Å²) in [7, 11) is 0. The summed E-state index contributed by atoms with van der Waals surface area (Å²) in [5.41, 5.74) is 0.727. The molecule has 0 aliphatic heterocycles. The van der Waals surface area contributed by atoms with Gasteiger partial charge in [-0.2, -0.15) is 0 Å². The molecule has 4 aliphatic rings. The Morgan fingerprint density at radius 1 is 0.943 bits per heavy atom. The van der Waals surface area contributed by atoms with Crippen LogP contribution in [0.2, 0.25) is 0 Å². The highest BCUT2D eigenvalue weighted by molar-refractivity contribution is 5.77. The van der Waals surface area contributed by atoms with Crippen LogP contribution >= 0.6 is 0 Å². The van der Waals surface area contributed by atoms with Crippen molar-refractivity contribution in [1.29, 1.82) is 0 Å². The topological polar surface area (TPSA) is 49.3 Å². The number of Topliss-reactive ketones (excluding diaryl/α,β-unsaturated/α-hetero) is 1. The average molecular weight is 488 g/mol. The maximum atomic E-state index is 12.0. The van der Waals surface area contributed by atoms with Gasteiger partial charge in [-0.05, 0) is 129 Å². The van der Waals surface area contributed by atoms with Gasteiger partial charge in [0.15, 0.2) is 0 Å². The van der Waals surface area contributed by atoms with E-state index in [-0.39, 0.29) is 6.10 Å². The molecule has 4 rings (SSSR count). The maximum absolute atomic E-state index is 12.0. The Morgan fingerprint density at radius 3 is 2.37 bits per heavy atom. The van der Waals surface area contributed by atoms with Gasteiger partial charge < -0.3 is 10.4 Å². The smallest absolute Gasteiger partial charge is 0.132 e. The third-order valence-corrected chi connectivity index (χ3v) is 12.1. The largest absolute Gasteiger partial charge is 0.393 e. The van der Waals surface area contributed by atoms with Crippen LogP contribution in [0.4, 0.5) is 0 Å². The van der Waals surface area contributed by atoms with E-state index in [0.29, 0.717) is 46.8 Å². The van der Waals surface area contributed by atoms with Crippen molar-refractivity contribution < 1.29 is 9.90 Å². The summed E-state index contributed by atoms with van der Waals surface area (Å²) in [6, 6.07) is 0.600. The summed E-state index contributed by atoms with van der Waals surface area (Å²) >= 11 is 0. The van der Waals surface area contributed by atoms with Crippen LogP contribution in [0.1, 0.15) is 125 Å². The molecule has 3 unspecified atom stereocenters. The molecule has 0 spiro atoms. The first kappa shape index (κ1) is 27.6. The molecule has 202 valence electrons. The van der Waals surface area contributed by atoms with Crippen LogP contribution in [0.25, 0.3) is 0 Å². The molecule has 3 nitrogen and oxygen atoms in total. The van der Waals surface area contributed by atoms with E-state index < -0.39 is 0 Å². The van der Waals surface area contributed by atoms with Crippen molar-refractivity contribution in [3.05, 3.63) is 0 Å². The summed E-state index contributed by atoms with van der Waals surface area (Å²) < 4.78 is 0. The van der Waals surface area contributed by atoms with E-state index in [0.717, 1.165) is 49.5 Å². The van der Waals surface area contributed by atoms with E-state index in [1.54, 1.807) is 0 Å². The van der Waals surface area contributed by atoms with Crippen LogP contribution in [0.3, 0.4) is 0 Å². The molecule has 0 saturated heterocycles. The molecule has 35 heavy (non-hydrogen) atoms. The summed E-state index contributed by atoms with van der Waals surface area (Å²) in [6.45, 7) is 15.4. The molecule has 0 heterocycles. The summed E-state index contributed by atoms with van der Waals surface area (Å²) in [6.07, 6.45) is 15.2. The van der Waals surface area contributed by atoms with Crippen molar-refractivity contribution in [2.75, 3.05) is 6.54 Å². The van der Waals surface area contributed by atoms with Crippen molar-refractivity contribution >= 4 is 5.78 Å². The van der Waals surface area contributed by atoms with E-state index in [2.05, 4.69) is 39.9 Å². The molecule has 0 bridgehead atoms. The quantitative estimate of drug-likeness (QED) is 0.315. The summed E-state index contributed by atoms with van der Waals surface area (Å²) in [5.74, 6) is 5.37. The number of carbonyl (C=O) groups is 1. The highest BCUT2D eigenvalue weighted by Gasteiger charge is 2.62. The molecule has 10 atom stereocenters. The molecular weight excluding hydrogens is 430 g/mol. The van der Waals surface area contributed by atoms with Crippen molar-refractivity contribution in [2.45, 2.75) is 137 Å². The second-order valence-corrected chi connectivity index (χ2v) is 14.4. The molecule has 4 saturated carbocycles. The Labute approximate surface area is 217 Å². The SMILES string of the molecule is CCC(=O)CC[C@@H](C)[C@H]1CCC2C3C[C@H](O)[C@@H]4C[C@H](NCCCC(C)C)CC[C@]4(C)C3CC[C@@]21C. The summed E-state index contributed by atoms with van der Waals surface area (Å²) in [5, 5.41) is 15.4. The van der Waals surface area contributed by atoms with Crippen molar-refractivity contribution in [3.63, 3.8) is 0 Å². The number of ketones is 1. The molecule has 3 heteroatoms. The Kier molecular flexibility index (Phi) is 8.79. The van der Waals surface area contributed by atoms with E-state index in [1.165, 1.54) is 57.8 Å². The summed E-state index contributed by atoms with van der Waals surface area (Å²) in [4.78, 5) is 12.0. The van der Waals surface area contributed by atoms with E-state index >= 15 is 0 Å². The van der Waals surface area contributed by atoms with Crippen LogP contribution in [-0.4, -0.2) is 29.6 Å². The van der Waals surface area contributed by atoms with Gasteiger partial charge in [-0.15, -0.1) is 0 Å². The predicted octanol–water partition coefficient (Wildman–Crippen LogP) is 7.41. The number of carbonyl (C=O) groups excluding carboxylic acids is 1. The fraction of sp³-hybridized carbons (Fsp3) is 0.969. The zero-order valence-electron chi connectivity index (χ0n) is 24.0. The minimum absolute atomic E-state index is 0.123. The van der Waals surface area contributed by atoms with Gasteiger partial charge in [0.1, 0.15) is 5.78 Å². The Morgan fingerprint density at radius 2 is 1.66 bits per heavy atom. The lowest BCUT2D eigenvalue weighted by atomic mass is 9.43. The van der Waals surface area contributed by atoms with Crippen LogP contribution in [-0.2, 0) is 4.79 Å². The van der Waals surface area contributed by atoms with Gasteiger partial charge in [-0.1, -0.05) is 41.5 Å². The first-order valence-corrected chi connectivity index (χ1v) is 15.5. The van der Waals surface area contributed by atoms with Gasteiger partial charge in [-0.25, -0.2) is 0 Å². The van der Waals surface area contributed by atoms with Crippen molar-refractivity contribution in [3.8, 4) is 0 Å². The fourth-order valence-electron chi connectivity index (χ4n) is 10.0. The van der Waals surface area contributed by atoms with Gasteiger partial charge in [0, 0.05) is 18.9 Å². The molecule has 0 aromatic carbocycles. The van der Waals surface area contributed by atoms with Gasteiger partial charge in [-0.3, -0.25) is 4.79 Å². The van der Waals surface area contributed by atoms with Crippen LogP contribution in [0.15, 0.2) is 0 Å². The first-order valence-electron chi connectivity index (χ1n) is 15.5. The van der Waals surface area contributed by atoms with Gasteiger partial charge in [0.25, 0.3) is 0 Å². The van der Waals surface area contributed by atoms with Gasteiger partial charge >= 0.3 is 0 Å². The number of hydrogen-bond acceptors (Lipinski definition) is 3. The van der Waals surface area contributed by atoms with Crippen LogP contribution < -0.4 is 5.32 Å². The second kappa shape index (κ2) is 11.1. The third kappa shape index (κ3) is 5.43. The Bertz CT molecular complexity index is 720. The Balaban J connectivity index is 1.40. The highest BCUT2D eigenvalue weighted by Crippen LogP contribution is 2.68. The van der Waals surface area contributed by atoms with Crippen LogP contribution in [0, 0.1) is 52.3 Å². The standard InChI is InChI=1S/C32H57NO2/c1-7-24(34)11-10-22(4)26-12-13-27-25-20-30(35)29-19-23(33-18-8-9-21(2)3)14-16-32(29,6)28(25)15-17-31(26,27)5/h21-23,25-30,33,35H,7-20H2,1-6H3/t22-,23-,25?,26-,27?,28?,29+,30+,31-,32-/m1/s1. The molecule has 0 aromatic rings. The molecular formula is C32H57NO2. The number of aliphatic hydroxyl groups excluding tert-OH is 1. The normalized spacial score (nSPS) is 43.9. The van der Waals surface area contributed by atoms with Gasteiger partial charge in [0.05, 0.1) is 6.10 Å². The number of fused-ring (bicyclic) bond motifs is 5. The molecule has 4 fully saturated rings. The third-order valence-electron chi connectivity index (χ3n) is 12.1. The number of hydrogen-bond donors (Lipinski definition) is 2. The zero-order chi connectivity index (χ0) is 25.4. The van der Waals surface area contributed by atoms with Crippen molar-refractivity contribution in [1.82, 2.24) is 5.32 Å². The number of aliphatic hydroxyl groups is 1. The minimum atomic E-state index is -0.123. The van der Waals surface area contributed by atoms with E-state index in [9.17, 15) is 9.90 Å². The second-order valence-electron chi connectivity index (χ2n) is 14.4. The monoisotopic (exact) mass is 487 g/mol. The highest BCUT2D eigenvalue weighted by atomic mass is 16.3. The lowest BCUT2D eigenvalue weighted by molar-refractivity contribution is -0.162. The predicted molar refractivity (Wildman–Crippen MR) is 146 cm³/mol. The molecule has 0 aromatic heterocycles. The number of nitrogens with one attached hydrogen (secondary N) is 1. The van der Waals surface area contributed by atoms with Crippen molar-refractivity contribution in [2.24, 2.45) is 52.3 Å². The minimum Gasteiger partial charge on any atom is -0.393 e. The lowest BCUT2D eigenvalue weighted by Crippen LogP contribution is -2.59. The molecule has 0 radical (unpaired) electrons. The molecule has 2 N–H and O–H groups in total. The fourth-order valence-corrected chi connectivity index (χ4v) is 10.0. The van der Waals surface area contributed by atoms with Gasteiger partial charge in [0.2, 0.25) is 0 Å². The number of rotatable bonds is 10. The lowest BCUT2D eigenvalue weighted by Gasteiger charge is -2.62. The van der Waals surface area contributed by atoms with E-state index in [4.69, 9.17) is 0 Å². The average Bonchev–Trinajstić information content (AvgIpc) is 3.18. The maximum Gasteiger partial charge on any atom is 0.132 e. The van der Waals surface area contributed by atoms with Crippen LogP contribution in [0.5, 0.6) is 0 Å².